The van der Waals surface area contributed by atoms with Crippen molar-refractivity contribution in [1.29, 1.82) is 0 Å². The summed E-state index contributed by atoms with van der Waals surface area (Å²) in [5.41, 5.74) is 2.38. The van der Waals surface area contributed by atoms with Crippen LogP contribution in [0.2, 0.25) is 0 Å². The summed E-state index contributed by atoms with van der Waals surface area (Å²) in [5.74, 6) is 1.61. The number of amides is 1. The summed E-state index contributed by atoms with van der Waals surface area (Å²) >= 11 is 0. The highest BCUT2D eigenvalue weighted by Crippen LogP contribution is 2.29. The molecule has 5 nitrogen and oxygen atoms in total. The van der Waals surface area contributed by atoms with Crippen LogP contribution in [0, 0.1) is 5.92 Å². The largest absolute Gasteiger partial charge is 0.493 e. The normalized spacial score (nSPS) is 10.7. The Hall–Kier alpha value is -2.53. The van der Waals surface area contributed by atoms with E-state index in [9.17, 15) is 4.79 Å². The van der Waals surface area contributed by atoms with Crippen molar-refractivity contribution in [2.24, 2.45) is 5.92 Å². The van der Waals surface area contributed by atoms with Crippen molar-refractivity contribution in [3.8, 4) is 11.5 Å². The molecule has 0 saturated heterocycles. The van der Waals surface area contributed by atoms with Gasteiger partial charge in [-0.15, -0.1) is 0 Å². The van der Waals surface area contributed by atoms with Crippen LogP contribution in [0.1, 0.15) is 43.1 Å². The predicted octanol–water partition coefficient (Wildman–Crippen LogP) is 4.48. The molecule has 0 spiro atoms. The van der Waals surface area contributed by atoms with Crippen molar-refractivity contribution >= 4 is 11.6 Å². The van der Waals surface area contributed by atoms with Crippen LogP contribution in [-0.4, -0.2) is 26.2 Å². The van der Waals surface area contributed by atoms with Gasteiger partial charge >= 0.3 is 0 Å². The molecule has 0 atom stereocenters. The Kier molecular flexibility index (Phi) is 8.14. The van der Waals surface area contributed by atoms with Crippen LogP contribution in [0.4, 0.5) is 5.69 Å². The fourth-order valence-electron chi connectivity index (χ4n) is 2.58. The molecule has 5 heteroatoms. The van der Waals surface area contributed by atoms with Crippen molar-refractivity contribution in [2.75, 3.05) is 25.6 Å². The second-order valence-electron chi connectivity index (χ2n) is 6.79. The second kappa shape index (κ2) is 10.6. The number of methoxy groups -OCH3 is 1. The molecule has 0 aliphatic rings. The van der Waals surface area contributed by atoms with E-state index in [1.807, 2.05) is 24.3 Å². The quantitative estimate of drug-likeness (QED) is 0.647. The first-order valence-corrected chi connectivity index (χ1v) is 9.46. The lowest BCUT2D eigenvalue weighted by atomic mass is 10.1. The van der Waals surface area contributed by atoms with Crippen molar-refractivity contribution in [3.05, 3.63) is 53.6 Å². The lowest BCUT2D eigenvalue weighted by molar-refractivity contribution is 0.102. The van der Waals surface area contributed by atoms with E-state index >= 15 is 0 Å². The predicted molar refractivity (Wildman–Crippen MR) is 110 cm³/mol. The zero-order valence-corrected chi connectivity index (χ0v) is 16.7. The molecule has 0 unspecified atom stereocenters. The summed E-state index contributed by atoms with van der Waals surface area (Å²) in [6, 6.07) is 13.1. The molecule has 0 saturated carbocycles. The Balaban J connectivity index is 2.10. The molecule has 0 fully saturated rings. The van der Waals surface area contributed by atoms with E-state index in [4.69, 9.17) is 9.47 Å². The standard InChI is InChI=1S/C22H30N2O3/c1-5-23-15-18-8-6-7-9-19(18)24-22(25)17-10-11-20(21(14-17)26-4)27-13-12-16(2)3/h6-11,14,16,23H,5,12-13,15H2,1-4H3,(H,24,25). The summed E-state index contributed by atoms with van der Waals surface area (Å²) in [7, 11) is 1.58. The number of para-hydroxylation sites is 1. The van der Waals surface area contributed by atoms with Crippen LogP contribution >= 0.6 is 0 Å². The maximum Gasteiger partial charge on any atom is 0.255 e. The average molecular weight is 370 g/mol. The highest BCUT2D eigenvalue weighted by atomic mass is 16.5. The molecule has 0 aliphatic heterocycles. The van der Waals surface area contributed by atoms with Crippen molar-refractivity contribution < 1.29 is 14.3 Å². The molecule has 0 aromatic heterocycles. The smallest absolute Gasteiger partial charge is 0.255 e. The number of carbonyl (C=O) groups excluding carboxylic acids is 1. The summed E-state index contributed by atoms with van der Waals surface area (Å²) in [6.45, 7) is 8.57. The number of hydrogen-bond acceptors (Lipinski definition) is 4. The van der Waals surface area contributed by atoms with Crippen LogP contribution in [-0.2, 0) is 6.54 Å². The van der Waals surface area contributed by atoms with Crippen molar-refractivity contribution in [2.45, 2.75) is 33.7 Å². The van der Waals surface area contributed by atoms with E-state index in [-0.39, 0.29) is 5.91 Å². The zero-order chi connectivity index (χ0) is 19.6. The first-order chi connectivity index (χ1) is 13.0. The maximum atomic E-state index is 12.7. The third-order valence-electron chi connectivity index (χ3n) is 4.21. The molecule has 146 valence electrons. The second-order valence-corrected chi connectivity index (χ2v) is 6.79. The third-order valence-corrected chi connectivity index (χ3v) is 4.21. The van der Waals surface area contributed by atoms with E-state index in [1.54, 1.807) is 25.3 Å². The van der Waals surface area contributed by atoms with Gasteiger partial charge in [0, 0.05) is 17.8 Å². The molecule has 0 radical (unpaired) electrons. The van der Waals surface area contributed by atoms with E-state index in [1.165, 1.54) is 0 Å². The molecule has 0 heterocycles. The van der Waals surface area contributed by atoms with E-state index in [0.29, 0.717) is 36.1 Å². The van der Waals surface area contributed by atoms with E-state index < -0.39 is 0 Å². The van der Waals surface area contributed by atoms with Gasteiger partial charge in [0.05, 0.1) is 13.7 Å². The van der Waals surface area contributed by atoms with Gasteiger partial charge in [0.25, 0.3) is 5.91 Å². The molecule has 2 aromatic carbocycles. The number of carbonyl (C=O) groups is 1. The number of anilines is 1. The highest BCUT2D eigenvalue weighted by molar-refractivity contribution is 6.05. The Morgan fingerprint density at radius 3 is 2.59 bits per heavy atom. The molecule has 2 rings (SSSR count). The summed E-state index contributed by atoms with van der Waals surface area (Å²) in [4.78, 5) is 12.7. The van der Waals surface area contributed by atoms with Gasteiger partial charge in [-0.3, -0.25) is 4.79 Å². The molecule has 0 aliphatic carbocycles. The number of ether oxygens (including phenoxy) is 2. The monoisotopic (exact) mass is 370 g/mol. The summed E-state index contributed by atoms with van der Waals surface area (Å²) in [5, 5.41) is 6.27. The minimum Gasteiger partial charge on any atom is -0.493 e. The molecule has 2 N–H and O–H groups in total. The van der Waals surface area contributed by atoms with Gasteiger partial charge in [-0.25, -0.2) is 0 Å². The SMILES string of the molecule is CCNCc1ccccc1NC(=O)c1ccc(OCCC(C)C)c(OC)c1. The highest BCUT2D eigenvalue weighted by Gasteiger charge is 2.13. The van der Waals surface area contributed by atoms with E-state index in [2.05, 4.69) is 31.4 Å². The Labute approximate surface area is 162 Å². The Bertz CT molecular complexity index is 744. The zero-order valence-electron chi connectivity index (χ0n) is 16.7. The number of hydrogen-bond donors (Lipinski definition) is 2. The molecule has 2 aromatic rings. The van der Waals surface area contributed by atoms with Crippen molar-refractivity contribution in [1.82, 2.24) is 5.32 Å². The Morgan fingerprint density at radius 2 is 1.89 bits per heavy atom. The number of benzene rings is 2. The number of rotatable bonds is 10. The third kappa shape index (κ3) is 6.29. The first kappa shape index (κ1) is 20.8. The lowest BCUT2D eigenvalue weighted by Gasteiger charge is -2.14. The molecule has 0 bridgehead atoms. The maximum absolute atomic E-state index is 12.7. The first-order valence-electron chi connectivity index (χ1n) is 9.46. The van der Waals surface area contributed by atoms with E-state index in [0.717, 1.165) is 24.2 Å². The Morgan fingerprint density at radius 1 is 1.11 bits per heavy atom. The molecule has 27 heavy (non-hydrogen) atoms. The molecule has 1 amide bonds. The van der Waals surface area contributed by atoms with Crippen LogP contribution in [0.15, 0.2) is 42.5 Å². The lowest BCUT2D eigenvalue weighted by Crippen LogP contribution is -2.17. The van der Waals surface area contributed by atoms with Gasteiger partial charge in [0.15, 0.2) is 11.5 Å². The van der Waals surface area contributed by atoms with Crippen LogP contribution < -0.4 is 20.1 Å². The number of nitrogens with one attached hydrogen (secondary N) is 2. The fraction of sp³-hybridized carbons (Fsp3) is 0.409. The fourth-order valence-corrected chi connectivity index (χ4v) is 2.58. The van der Waals surface area contributed by atoms with Gasteiger partial charge < -0.3 is 20.1 Å². The molecular formula is C22H30N2O3. The van der Waals surface area contributed by atoms with Gasteiger partial charge in [-0.2, -0.15) is 0 Å². The minimum absolute atomic E-state index is 0.175. The topological polar surface area (TPSA) is 59.6 Å². The summed E-state index contributed by atoms with van der Waals surface area (Å²) < 4.78 is 11.2. The van der Waals surface area contributed by atoms with Crippen LogP contribution in [0.5, 0.6) is 11.5 Å². The van der Waals surface area contributed by atoms with Gasteiger partial charge in [0.2, 0.25) is 0 Å². The minimum atomic E-state index is -0.175. The van der Waals surface area contributed by atoms with Gasteiger partial charge in [0.1, 0.15) is 0 Å². The average Bonchev–Trinajstić information content (AvgIpc) is 2.67. The van der Waals surface area contributed by atoms with Gasteiger partial charge in [-0.05, 0) is 48.7 Å². The van der Waals surface area contributed by atoms with Crippen LogP contribution in [0.3, 0.4) is 0 Å². The molecular weight excluding hydrogens is 340 g/mol. The van der Waals surface area contributed by atoms with Crippen molar-refractivity contribution in [3.63, 3.8) is 0 Å². The van der Waals surface area contributed by atoms with Gasteiger partial charge in [-0.1, -0.05) is 39.0 Å². The van der Waals surface area contributed by atoms with Crippen LogP contribution in [0.25, 0.3) is 0 Å². The summed E-state index contributed by atoms with van der Waals surface area (Å²) in [6.07, 6.45) is 0.966.